The number of rotatable bonds is 6. The number of ketones is 1. The minimum Gasteiger partial charge on any atom is -0.322 e. The molecule has 15 heavy (non-hydrogen) atoms. The summed E-state index contributed by atoms with van der Waals surface area (Å²) in [6.07, 6.45) is 0.675. The third-order valence-corrected chi connectivity index (χ3v) is 3.60. The largest absolute Gasteiger partial charge is 0.365 e. The van der Waals surface area contributed by atoms with E-state index in [2.05, 4.69) is 8.71 Å². The molecular formula is C6H13O7PS. The molecule has 0 aromatic rings. The van der Waals surface area contributed by atoms with Crippen LogP contribution in [0, 0.1) is 0 Å². The highest BCUT2D eigenvalue weighted by Gasteiger charge is 2.39. The second kappa shape index (κ2) is 5.18. The van der Waals surface area contributed by atoms with Crippen molar-refractivity contribution in [3.05, 3.63) is 0 Å². The van der Waals surface area contributed by atoms with Crippen LogP contribution in [0.2, 0.25) is 0 Å². The topological polar surface area (TPSA) is 107 Å². The monoisotopic (exact) mass is 260 g/mol. The van der Waals surface area contributed by atoms with Crippen molar-refractivity contribution in [2.24, 2.45) is 0 Å². The lowest BCUT2D eigenvalue weighted by atomic mass is 10.5. The highest BCUT2D eigenvalue weighted by atomic mass is 32.2. The number of carbonyl (C=O) groups is 1. The molecular weight excluding hydrogens is 247 g/mol. The Morgan fingerprint density at radius 2 is 2.00 bits per heavy atom. The first kappa shape index (κ1) is 14.7. The maximum Gasteiger partial charge on any atom is 0.365 e. The minimum absolute atomic E-state index is 0.134. The molecule has 0 bridgehead atoms. The summed E-state index contributed by atoms with van der Waals surface area (Å²) in [6, 6.07) is 0. The van der Waals surface area contributed by atoms with Gasteiger partial charge in [0, 0.05) is 0 Å². The summed E-state index contributed by atoms with van der Waals surface area (Å²) in [4.78, 5) is 20.2. The smallest absolute Gasteiger partial charge is 0.322 e. The molecule has 0 spiro atoms. The summed E-state index contributed by atoms with van der Waals surface area (Å²) in [5, 5.41) is 0. The van der Waals surface area contributed by atoms with Gasteiger partial charge in [-0.2, -0.15) is 8.42 Å². The Morgan fingerprint density at radius 3 is 2.27 bits per heavy atom. The quantitative estimate of drug-likeness (QED) is 0.533. The zero-order valence-corrected chi connectivity index (χ0v) is 10.2. The molecule has 1 N–H and O–H groups in total. The number of hydrogen-bond donors (Lipinski definition) is 1. The second-order valence-electron chi connectivity index (χ2n) is 2.75. The van der Waals surface area contributed by atoms with Crippen LogP contribution >= 0.6 is 7.60 Å². The Bertz CT molecular complexity index is 373. The summed E-state index contributed by atoms with van der Waals surface area (Å²) in [7, 11) is -8.41. The van der Waals surface area contributed by atoms with E-state index >= 15 is 0 Å². The normalized spacial score (nSPS) is 18.1. The molecule has 0 heterocycles. The molecule has 0 fully saturated rings. The van der Waals surface area contributed by atoms with Gasteiger partial charge in [-0.25, -0.2) is 4.18 Å². The molecule has 0 aliphatic carbocycles. The molecule has 0 rings (SSSR count). The minimum atomic E-state index is -4.41. The van der Waals surface area contributed by atoms with Crippen LogP contribution in [0.25, 0.3) is 0 Å². The first-order valence-corrected chi connectivity index (χ1v) is 7.42. The van der Waals surface area contributed by atoms with Crippen molar-refractivity contribution < 1.29 is 31.4 Å². The molecule has 90 valence electrons. The first-order valence-electron chi connectivity index (χ1n) is 3.96. The molecule has 2 unspecified atom stereocenters. The van der Waals surface area contributed by atoms with Crippen molar-refractivity contribution in [3.63, 3.8) is 0 Å². The molecule has 0 saturated heterocycles. The van der Waals surface area contributed by atoms with Gasteiger partial charge in [0.2, 0.25) is 5.85 Å². The van der Waals surface area contributed by atoms with Gasteiger partial charge in [0.25, 0.3) is 10.1 Å². The van der Waals surface area contributed by atoms with Crippen LogP contribution < -0.4 is 0 Å². The molecule has 0 aliphatic heterocycles. The van der Waals surface area contributed by atoms with E-state index in [0.717, 1.165) is 6.92 Å². The molecule has 7 nitrogen and oxygen atoms in total. The van der Waals surface area contributed by atoms with Gasteiger partial charge in [-0.15, -0.1) is 0 Å². The van der Waals surface area contributed by atoms with E-state index in [4.69, 9.17) is 0 Å². The van der Waals surface area contributed by atoms with Crippen LogP contribution in [0.1, 0.15) is 13.8 Å². The van der Waals surface area contributed by atoms with Crippen LogP contribution in [-0.4, -0.2) is 37.8 Å². The molecule has 0 radical (unpaired) electrons. The summed E-state index contributed by atoms with van der Waals surface area (Å²) >= 11 is 0. The molecule has 9 heteroatoms. The Kier molecular flexibility index (Phi) is 5.08. The summed E-state index contributed by atoms with van der Waals surface area (Å²) in [5.74, 6) is -2.88. The average Bonchev–Trinajstić information content (AvgIpc) is 1.97. The van der Waals surface area contributed by atoms with Gasteiger partial charge in [-0.1, -0.05) is 0 Å². The zero-order chi connectivity index (χ0) is 12.3. The van der Waals surface area contributed by atoms with Gasteiger partial charge >= 0.3 is 7.60 Å². The van der Waals surface area contributed by atoms with E-state index in [1.54, 1.807) is 0 Å². The molecule has 0 aliphatic rings. The van der Waals surface area contributed by atoms with E-state index < -0.39 is 29.3 Å². The van der Waals surface area contributed by atoms with Crippen molar-refractivity contribution in [2.75, 3.05) is 12.9 Å². The Labute approximate surface area is 88.0 Å². The van der Waals surface area contributed by atoms with Crippen molar-refractivity contribution in [3.8, 4) is 0 Å². The predicted molar refractivity (Wildman–Crippen MR) is 51.8 cm³/mol. The highest BCUT2D eigenvalue weighted by molar-refractivity contribution is 7.86. The van der Waals surface area contributed by atoms with Crippen LogP contribution in [0.4, 0.5) is 0 Å². The SMILES string of the molecule is CCOP(=O)(O)C(OS(C)(=O)=O)C(C)=O. The van der Waals surface area contributed by atoms with Gasteiger partial charge in [-0.05, 0) is 13.8 Å². The molecule has 0 aromatic carbocycles. The number of hydrogen-bond acceptors (Lipinski definition) is 6. The van der Waals surface area contributed by atoms with Gasteiger partial charge in [0.15, 0.2) is 5.78 Å². The van der Waals surface area contributed by atoms with Gasteiger partial charge in [-0.3, -0.25) is 9.36 Å². The van der Waals surface area contributed by atoms with Crippen molar-refractivity contribution >= 4 is 23.5 Å². The third-order valence-electron chi connectivity index (χ3n) is 1.22. The number of Topliss-reactive ketones (excluding diaryl/α,β-unsaturated/α-hetero) is 1. The molecule has 0 saturated carbocycles. The van der Waals surface area contributed by atoms with Crippen LogP contribution in [-0.2, 0) is 28.2 Å². The summed E-state index contributed by atoms with van der Waals surface area (Å²) in [6.45, 7) is 2.24. The fraction of sp³-hybridized carbons (Fsp3) is 0.833. The number of carbonyl (C=O) groups excluding carboxylic acids is 1. The lowest BCUT2D eigenvalue weighted by Gasteiger charge is -2.18. The molecule has 2 atom stereocenters. The average molecular weight is 260 g/mol. The van der Waals surface area contributed by atoms with E-state index in [-0.39, 0.29) is 6.61 Å². The van der Waals surface area contributed by atoms with Gasteiger partial charge < -0.3 is 9.42 Å². The predicted octanol–water partition coefficient (Wildman–Crippen LogP) is 0.0996. The fourth-order valence-corrected chi connectivity index (χ4v) is 3.11. The lowest BCUT2D eigenvalue weighted by molar-refractivity contribution is -0.121. The van der Waals surface area contributed by atoms with E-state index in [9.17, 15) is 22.7 Å². The summed E-state index contributed by atoms with van der Waals surface area (Å²) in [5.41, 5.74) is 0. The summed E-state index contributed by atoms with van der Waals surface area (Å²) < 4.78 is 41.4. The van der Waals surface area contributed by atoms with Gasteiger partial charge in [0.1, 0.15) is 0 Å². The zero-order valence-electron chi connectivity index (χ0n) is 8.54. The van der Waals surface area contributed by atoms with Crippen molar-refractivity contribution in [1.82, 2.24) is 0 Å². The van der Waals surface area contributed by atoms with E-state index in [1.165, 1.54) is 6.92 Å². The standard InChI is InChI=1S/C6H13O7PS/c1-4-12-14(8,9)6(5(2)7)13-15(3,10)11/h6H,4H2,1-3H3,(H,8,9). The first-order chi connectivity index (χ1) is 6.60. The Morgan fingerprint density at radius 1 is 1.53 bits per heavy atom. The fourth-order valence-electron chi connectivity index (χ4n) is 0.770. The maximum atomic E-state index is 11.4. The lowest BCUT2D eigenvalue weighted by Crippen LogP contribution is -2.26. The van der Waals surface area contributed by atoms with Crippen LogP contribution in [0.15, 0.2) is 0 Å². The van der Waals surface area contributed by atoms with E-state index in [0.29, 0.717) is 6.26 Å². The molecule has 0 amide bonds. The van der Waals surface area contributed by atoms with E-state index in [1.807, 2.05) is 0 Å². The van der Waals surface area contributed by atoms with Crippen LogP contribution in [0.5, 0.6) is 0 Å². The van der Waals surface area contributed by atoms with Crippen LogP contribution in [0.3, 0.4) is 0 Å². The highest BCUT2D eigenvalue weighted by Crippen LogP contribution is 2.48. The van der Waals surface area contributed by atoms with Crippen molar-refractivity contribution in [2.45, 2.75) is 19.7 Å². The Hall–Kier alpha value is -0.270. The Balaban J connectivity index is 4.99. The second-order valence-corrected chi connectivity index (χ2v) is 6.20. The van der Waals surface area contributed by atoms with Crippen molar-refractivity contribution in [1.29, 1.82) is 0 Å². The van der Waals surface area contributed by atoms with Gasteiger partial charge in [0.05, 0.1) is 12.9 Å². The third kappa shape index (κ3) is 5.39. The maximum absolute atomic E-state index is 11.4. The molecule has 0 aromatic heterocycles.